The van der Waals surface area contributed by atoms with Crippen LogP contribution in [0, 0.1) is 27.7 Å². The van der Waals surface area contributed by atoms with Crippen LogP contribution in [0.1, 0.15) is 71.4 Å². The first-order chi connectivity index (χ1) is 23.1. The number of pyridine rings is 2. The molecular weight excluding hydrogens is 590 g/mol. The van der Waals surface area contributed by atoms with Gasteiger partial charge in [-0.3, -0.25) is 0 Å². The van der Waals surface area contributed by atoms with Crippen molar-refractivity contribution in [3.8, 4) is 28.4 Å². The van der Waals surface area contributed by atoms with Crippen molar-refractivity contribution in [3.05, 3.63) is 160 Å². The van der Waals surface area contributed by atoms with Crippen LogP contribution in [0.3, 0.4) is 0 Å². The second kappa shape index (κ2) is 10.8. The molecule has 6 heteroatoms. The lowest BCUT2D eigenvalue weighted by Gasteiger charge is -2.34. The van der Waals surface area contributed by atoms with Crippen LogP contribution in [0.25, 0.3) is 22.5 Å². The fraction of sp³-hybridized carbons (Fsp3) is 0.214. The molecule has 238 valence electrons. The zero-order chi connectivity index (χ0) is 33.4. The largest absolute Gasteiger partial charge is 0.435 e. The molecule has 1 aliphatic rings. The highest BCUT2D eigenvalue weighted by Crippen LogP contribution is 2.56. The standard InChI is InChI=1S/C42H39N5O/c1-26-21-27(2)47(45-26)33-14-12-13-31(22-33)42(36-17-10-8-15-34(36)35-16-9-11-18-37(35)42)32-23-38(40-44-28(3)29(4)46(40)25-32)48-39-24-30(19-20-43-39)41(5,6)7/h8-25H,1-7H3. The van der Waals surface area contributed by atoms with Crippen molar-refractivity contribution < 1.29 is 4.74 Å². The molecule has 0 radical (unpaired) electrons. The van der Waals surface area contributed by atoms with Gasteiger partial charge in [-0.25, -0.2) is 14.6 Å². The summed E-state index contributed by atoms with van der Waals surface area (Å²) in [6.45, 7) is 14.9. The molecule has 0 saturated heterocycles. The predicted molar refractivity (Wildman–Crippen MR) is 192 cm³/mol. The average molecular weight is 630 g/mol. The van der Waals surface area contributed by atoms with Crippen LogP contribution in [0.4, 0.5) is 0 Å². The van der Waals surface area contributed by atoms with E-state index in [0.717, 1.165) is 50.8 Å². The third-order valence-corrected chi connectivity index (χ3v) is 9.90. The van der Waals surface area contributed by atoms with E-state index in [-0.39, 0.29) is 5.41 Å². The average Bonchev–Trinajstić information content (AvgIpc) is 3.69. The topological polar surface area (TPSA) is 57.2 Å². The Kier molecular flexibility index (Phi) is 6.71. The second-order valence-corrected chi connectivity index (χ2v) is 14.0. The maximum Gasteiger partial charge on any atom is 0.219 e. The van der Waals surface area contributed by atoms with Crippen molar-refractivity contribution in [2.45, 2.75) is 59.3 Å². The van der Waals surface area contributed by atoms with Crippen LogP contribution in [-0.2, 0) is 10.8 Å². The highest BCUT2D eigenvalue weighted by atomic mass is 16.5. The number of aromatic nitrogens is 5. The molecular formula is C42H39N5O. The van der Waals surface area contributed by atoms with Gasteiger partial charge in [-0.05, 0) is 102 Å². The zero-order valence-electron chi connectivity index (χ0n) is 28.5. The third-order valence-electron chi connectivity index (χ3n) is 9.90. The normalized spacial score (nSPS) is 13.5. The summed E-state index contributed by atoms with van der Waals surface area (Å²) in [5.41, 5.74) is 13.5. The molecule has 3 aromatic carbocycles. The van der Waals surface area contributed by atoms with Crippen molar-refractivity contribution in [1.29, 1.82) is 0 Å². The van der Waals surface area contributed by atoms with Crippen LogP contribution in [0.2, 0.25) is 0 Å². The molecule has 0 spiro atoms. The minimum absolute atomic E-state index is 0.0451. The Labute approximate surface area is 281 Å². The number of benzene rings is 3. The Bertz CT molecular complexity index is 2330. The molecule has 8 rings (SSSR count). The lowest BCUT2D eigenvalue weighted by molar-refractivity contribution is 0.459. The molecule has 6 nitrogen and oxygen atoms in total. The zero-order valence-corrected chi connectivity index (χ0v) is 28.5. The van der Waals surface area contributed by atoms with Crippen LogP contribution in [-0.4, -0.2) is 24.1 Å². The molecule has 0 bridgehead atoms. The molecule has 1 aliphatic carbocycles. The quantitative estimate of drug-likeness (QED) is 0.190. The summed E-state index contributed by atoms with van der Waals surface area (Å²) in [4.78, 5) is 9.64. The van der Waals surface area contributed by atoms with E-state index in [9.17, 15) is 0 Å². The molecule has 0 aliphatic heterocycles. The number of ether oxygens (including phenoxy) is 1. The molecule has 0 amide bonds. The summed E-state index contributed by atoms with van der Waals surface area (Å²) in [7, 11) is 0. The van der Waals surface area contributed by atoms with Crippen LogP contribution >= 0.6 is 0 Å². The van der Waals surface area contributed by atoms with Gasteiger partial charge < -0.3 is 9.14 Å². The summed E-state index contributed by atoms with van der Waals surface area (Å²) in [6.07, 6.45) is 4.08. The van der Waals surface area contributed by atoms with E-state index in [1.807, 2.05) is 23.9 Å². The molecule has 0 fully saturated rings. The van der Waals surface area contributed by atoms with Crippen molar-refractivity contribution in [2.75, 3.05) is 0 Å². The summed E-state index contributed by atoms with van der Waals surface area (Å²) in [5.74, 6) is 1.21. The van der Waals surface area contributed by atoms with E-state index in [4.69, 9.17) is 14.8 Å². The minimum Gasteiger partial charge on any atom is -0.435 e. The summed E-state index contributed by atoms with van der Waals surface area (Å²) in [6, 6.07) is 34.8. The molecule has 0 unspecified atom stereocenters. The fourth-order valence-corrected chi connectivity index (χ4v) is 7.45. The van der Waals surface area contributed by atoms with Crippen LogP contribution < -0.4 is 4.74 Å². The van der Waals surface area contributed by atoms with Gasteiger partial charge >= 0.3 is 0 Å². The van der Waals surface area contributed by atoms with Crippen molar-refractivity contribution >= 4 is 5.65 Å². The summed E-state index contributed by atoms with van der Waals surface area (Å²) in [5, 5.41) is 4.85. The molecule has 7 aromatic rings. The van der Waals surface area contributed by atoms with E-state index < -0.39 is 5.41 Å². The monoisotopic (exact) mass is 629 g/mol. The van der Waals surface area contributed by atoms with E-state index in [1.165, 1.54) is 22.3 Å². The number of rotatable bonds is 5. The number of aryl methyl sites for hydroxylation is 4. The second-order valence-electron chi connectivity index (χ2n) is 14.0. The fourth-order valence-electron chi connectivity index (χ4n) is 7.45. The van der Waals surface area contributed by atoms with Crippen LogP contribution in [0.15, 0.2) is 109 Å². The summed E-state index contributed by atoms with van der Waals surface area (Å²) >= 11 is 0. The van der Waals surface area contributed by atoms with Gasteiger partial charge in [-0.15, -0.1) is 0 Å². The first kappa shape index (κ1) is 29.9. The number of hydrogen-bond donors (Lipinski definition) is 0. The lowest BCUT2D eigenvalue weighted by Crippen LogP contribution is -2.29. The first-order valence-corrected chi connectivity index (χ1v) is 16.5. The molecule has 0 atom stereocenters. The first-order valence-electron chi connectivity index (χ1n) is 16.5. The number of fused-ring (bicyclic) bond motifs is 4. The SMILES string of the molecule is Cc1cc(C)n(-c2cccc(C3(c4cc(Oc5cc(C(C)(C)C)ccn5)c5nc(C)c(C)n5c4)c4ccccc4-c4ccccc43)c2)n1. The molecule has 4 aromatic heterocycles. The molecule has 4 heterocycles. The van der Waals surface area contributed by atoms with Crippen molar-refractivity contribution in [3.63, 3.8) is 0 Å². The number of imidazole rings is 1. The highest BCUT2D eigenvalue weighted by molar-refractivity contribution is 5.86. The maximum absolute atomic E-state index is 6.76. The van der Waals surface area contributed by atoms with Crippen molar-refractivity contribution in [1.82, 2.24) is 24.1 Å². The summed E-state index contributed by atoms with van der Waals surface area (Å²) < 4.78 is 11.0. The Morgan fingerprint density at radius 1 is 0.729 bits per heavy atom. The van der Waals surface area contributed by atoms with Gasteiger partial charge in [-0.2, -0.15) is 5.10 Å². The Morgan fingerprint density at radius 2 is 1.44 bits per heavy atom. The number of hydrogen-bond acceptors (Lipinski definition) is 4. The van der Waals surface area contributed by atoms with E-state index in [1.54, 1.807) is 0 Å². The lowest BCUT2D eigenvalue weighted by atomic mass is 9.68. The van der Waals surface area contributed by atoms with Gasteiger partial charge in [0.1, 0.15) is 0 Å². The third kappa shape index (κ3) is 4.50. The molecule has 0 N–H and O–H groups in total. The van der Waals surface area contributed by atoms with Crippen LogP contribution in [0.5, 0.6) is 11.6 Å². The Morgan fingerprint density at radius 3 is 2.10 bits per heavy atom. The van der Waals surface area contributed by atoms with Gasteiger partial charge in [0.2, 0.25) is 5.88 Å². The van der Waals surface area contributed by atoms with Gasteiger partial charge in [-0.1, -0.05) is 81.4 Å². The van der Waals surface area contributed by atoms with Gasteiger partial charge in [0, 0.05) is 29.8 Å². The van der Waals surface area contributed by atoms with Gasteiger partial charge in [0.25, 0.3) is 0 Å². The van der Waals surface area contributed by atoms with E-state index in [2.05, 4.69) is 148 Å². The smallest absolute Gasteiger partial charge is 0.219 e. The maximum atomic E-state index is 6.76. The van der Waals surface area contributed by atoms with E-state index >= 15 is 0 Å². The van der Waals surface area contributed by atoms with Gasteiger partial charge in [0.05, 0.1) is 22.5 Å². The van der Waals surface area contributed by atoms with Gasteiger partial charge in [0.15, 0.2) is 11.4 Å². The predicted octanol–water partition coefficient (Wildman–Crippen LogP) is 9.60. The molecule has 0 saturated carbocycles. The van der Waals surface area contributed by atoms with E-state index in [0.29, 0.717) is 11.6 Å². The Balaban J connectivity index is 1.44. The molecule has 48 heavy (non-hydrogen) atoms. The number of nitrogens with zero attached hydrogens (tertiary/aromatic N) is 5. The minimum atomic E-state index is -0.656. The van der Waals surface area contributed by atoms with Crippen molar-refractivity contribution in [2.24, 2.45) is 0 Å². The Hall–Kier alpha value is -5.49. The highest BCUT2D eigenvalue weighted by Gasteiger charge is 2.47.